The van der Waals surface area contributed by atoms with Crippen molar-refractivity contribution >= 4 is 38.9 Å². The average molecular weight is 693 g/mol. The van der Waals surface area contributed by atoms with Crippen LogP contribution in [0.2, 0.25) is 0 Å². The highest BCUT2D eigenvalue weighted by molar-refractivity contribution is 6.09. The predicted molar refractivity (Wildman–Crippen MR) is 229 cm³/mol. The molecule has 8 aromatic carbocycles. The molecule has 1 aliphatic carbocycles. The van der Waals surface area contributed by atoms with E-state index in [2.05, 4.69) is 218 Å². The monoisotopic (exact) mass is 692 g/mol. The molecule has 54 heavy (non-hydrogen) atoms. The van der Waals surface area contributed by atoms with E-state index in [4.69, 9.17) is 0 Å². The fraction of sp³-hybridized carbons (Fsp3) is 0.0769. The highest BCUT2D eigenvalue weighted by atomic mass is 15.1. The third-order valence-corrected chi connectivity index (χ3v) is 11.5. The Hall–Kier alpha value is -6.64. The van der Waals surface area contributed by atoms with E-state index in [1.807, 2.05) is 0 Å². The van der Waals surface area contributed by atoms with Crippen LogP contribution in [0, 0.1) is 6.92 Å². The van der Waals surface area contributed by atoms with E-state index >= 15 is 0 Å². The van der Waals surface area contributed by atoms with Crippen molar-refractivity contribution < 1.29 is 0 Å². The van der Waals surface area contributed by atoms with Gasteiger partial charge in [-0.05, 0) is 118 Å². The van der Waals surface area contributed by atoms with Crippen LogP contribution in [0.5, 0.6) is 0 Å². The van der Waals surface area contributed by atoms with E-state index in [1.54, 1.807) is 0 Å². The Balaban J connectivity index is 1.08. The zero-order valence-electron chi connectivity index (χ0n) is 30.8. The fourth-order valence-electron chi connectivity index (χ4n) is 8.67. The molecule has 0 radical (unpaired) electrons. The first-order chi connectivity index (χ1) is 26.4. The summed E-state index contributed by atoms with van der Waals surface area (Å²) in [4.78, 5) is 2.40. The number of anilines is 3. The number of para-hydroxylation sites is 1. The zero-order valence-corrected chi connectivity index (χ0v) is 30.8. The topological polar surface area (TPSA) is 8.17 Å². The second-order valence-electron chi connectivity index (χ2n) is 15.1. The summed E-state index contributed by atoms with van der Waals surface area (Å²) in [5, 5.41) is 2.59. The van der Waals surface area contributed by atoms with Gasteiger partial charge in [0, 0.05) is 38.9 Å². The van der Waals surface area contributed by atoms with Gasteiger partial charge in [-0.3, -0.25) is 0 Å². The highest BCUT2D eigenvalue weighted by Gasteiger charge is 2.36. The van der Waals surface area contributed by atoms with Crippen LogP contribution in [0.4, 0.5) is 17.1 Å². The summed E-state index contributed by atoms with van der Waals surface area (Å²) in [5.74, 6) is 0. The predicted octanol–water partition coefficient (Wildman–Crippen LogP) is 14.2. The van der Waals surface area contributed by atoms with Crippen LogP contribution in [0.25, 0.3) is 60.9 Å². The summed E-state index contributed by atoms with van der Waals surface area (Å²) in [7, 11) is 0. The SMILES string of the molecule is Cc1ccc2c(c1)c1ccccc1n2-c1ccc2c(c1)C(C)(C)c1cc(N(c3ccc(-c4ccccc4)cc3)c3ccc(-c4ccccc4)cc3)ccc1-2. The Kier molecular flexibility index (Phi) is 7.42. The first-order valence-corrected chi connectivity index (χ1v) is 18.8. The van der Waals surface area contributed by atoms with Gasteiger partial charge >= 0.3 is 0 Å². The van der Waals surface area contributed by atoms with E-state index in [-0.39, 0.29) is 5.41 Å². The van der Waals surface area contributed by atoms with Crippen LogP contribution < -0.4 is 4.90 Å². The lowest BCUT2D eigenvalue weighted by atomic mass is 9.82. The number of aryl methyl sites for hydroxylation is 1. The number of rotatable bonds is 6. The maximum atomic E-state index is 2.44. The van der Waals surface area contributed by atoms with Crippen molar-refractivity contribution in [3.63, 3.8) is 0 Å². The number of aromatic nitrogens is 1. The molecule has 2 heteroatoms. The molecule has 258 valence electrons. The van der Waals surface area contributed by atoms with Crippen LogP contribution in [-0.4, -0.2) is 4.57 Å². The van der Waals surface area contributed by atoms with Crippen molar-refractivity contribution in [2.75, 3.05) is 4.90 Å². The first kappa shape index (κ1) is 32.0. The van der Waals surface area contributed by atoms with Crippen molar-refractivity contribution in [2.45, 2.75) is 26.2 Å². The largest absolute Gasteiger partial charge is 0.310 e. The number of hydrogen-bond donors (Lipinski definition) is 0. The Morgan fingerprint density at radius 2 is 0.907 bits per heavy atom. The standard InChI is InChI=1S/C52H40N2/c1-35-18-31-51-47(32-35)46-16-10-11-17-50(46)54(51)43-28-30-45-44-29-27-42(33-48(44)52(2,3)49(45)34-43)53(40-23-19-38(20-24-40)36-12-6-4-7-13-36)41-25-21-39(22-26-41)37-14-8-5-9-15-37/h4-34H,1-3H3. The molecule has 0 unspecified atom stereocenters. The maximum Gasteiger partial charge on any atom is 0.0541 e. The molecular formula is C52H40N2. The minimum Gasteiger partial charge on any atom is -0.310 e. The van der Waals surface area contributed by atoms with Gasteiger partial charge in [0.05, 0.1) is 11.0 Å². The minimum absolute atomic E-state index is 0.202. The second kappa shape index (κ2) is 12.5. The average Bonchev–Trinajstić information content (AvgIpc) is 3.66. The lowest BCUT2D eigenvalue weighted by Crippen LogP contribution is -2.17. The Morgan fingerprint density at radius 3 is 1.54 bits per heavy atom. The maximum absolute atomic E-state index is 2.44. The number of fused-ring (bicyclic) bond motifs is 6. The lowest BCUT2D eigenvalue weighted by Gasteiger charge is -2.28. The van der Waals surface area contributed by atoms with Crippen LogP contribution in [0.3, 0.4) is 0 Å². The van der Waals surface area contributed by atoms with Crippen molar-refractivity contribution in [2.24, 2.45) is 0 Å². The molecule has 0 saturated carbocycles. The van der Waals surface area contributed by atoms with Crippen LogP contribution in [0.1, 0.15) is 30.5 Å². The Bertz CT molecular complexity index is 2740. The van der Waals surface area contributed by atoms with Crippen molar-refractivity contribution in [3.05, 3.63) is 205 Å². The second-order valence-corrected chi connectivity index (χ2v) is 15.1. The van der Waals surface area contributed by atoms with Gasteiger partial charge < -0.3 is 9.47 Å². The van der Waals surface area contributed by atoms with Gasteiger partial charge in [-0.2, -0.15) is 0 Å². The summed E-state index contributed by atoms with van der Waals surface area (Å²) in [6.45, 7) is 6.94. The van der Waals surface area contributed by atoms with Gasteiger partial charge in [-0.1, -0.05) is 141 Å². The van der Waals surface area contributed by atoms with Crippen molar-refractivity contribution in [1.29, 1.82) is 0 Å². The van der Waals surface area contributed by atoms with Gasteiger partial charge in [0.15, 0.2) is 0 Å². The molecule has 1 heterocycles. The molecule has 9 aromatic rings. The summed E-state index contributed by atoms with van der Waals surface area (Å²) < 4.78 is 2.44. The highest BCUT2D eigenvalue weighted by Crippen LogP contribution is 2.51. The number of hydrogen-bond acceptors (Lipinski definition) is 1. The van der Waals surface area contributed by atoms with Gasteiger partial charge in [-0.15, -0.1) is 0 Å². The first-order valence-electron chi connectivity index (χ1n) is 18.8. The molecule has 0 spiro atoms. The van der Waals surface area contributed by atoms with Gasteiger partial charge in [0.2, 0.25) is 0 Å². The molecule has 0 fully saturated rings. The van der Waals surface area contributed by atoms with Gasteiger partial charge in [0.25, 0.3) is 0 Å². The molecule has 0 aliphatic heterocycles. The van der Waals surface area contributed by atoms with E-state index in [0.717, 1.165) is 17.1 Å². The molecule has 10 rings (SSSR count). The zero-order chi connectivity index (χ0) is 36.4. The molecule has 1 aromatic heterocycles. The summed E-state index contributed by atoms with van der Waals surface area (Å²) in [6, 6.07) is 68.9. The molecule has 0 bridgehead atoms. The summed E-state index contributed by atoms with van der Waals surface area (Å²) >= 11 is 0. The van der Waals surface area contributed by atoms with Crippen LogP contribution in [-0.2, 0) is 5.41 Å². The van der Waals surface area contributed by atoms with E-state index in [1.165, 1.54) is 77.6 Å². The van der Waals surface area contributed by atoms with Crippen molar-refractivity contribution in [1.82, 2.24) is 4.57 Å². The lowest BCUT2D eigenvalue weighted by molar-refractivity contribution is 0.660. The normalized spacial score (nSPS) is 12.9. The molecule has 0 saturated heterocycles. The van der Waals surface area contributed by atoms with Gasteiger partial charge in [-0.25, -0.2) is 0 Å². The van der Waals surface area contributed by atoms with Crippen LogP contribution >= 0.6 is 0 Å². The van der Waals surface area contributed by atoms with Crippen LogP contribution in [0.15, 0.2) is 188 Å². The molecule has 2 nitrogen and oxygen atoms in total. The minimum atomic E-state index is -0.202. The Labute approximate surface area is 317 Å². The van der Waals surface area contributed by atoms with E-state index in [0.29, 0.717) is 0 Å². The number of benzene rings is 8. The Morgan fingerprint density at radius 1 is 0.407 bits per heavy atom. The van der Waals surface area contributed by atoms with E-state index in [9.17, 15) is 0 Å². The molecule has 1 aliphatic rings. The molecule has 0 N–H and O–H groups in total. The van der Waals surface area contributed by atoms with Crippen molar-refractivity contribution in [3.8, 4) is 39.1 Å². The van der Waals surface area contributed by atoms with E-state index < -0.39 is 0 Å². The molecule has 0 amide bonds. The molecular weight excluding hydrogens is 653 g/mol. The van der Waals surface area contributed by atoms with Gasteiger partial charge in [0.1, 0.15) is 0 Å². The quantitative estimate of drug-likeness (QED) is 0.168. The summed E-state index contributed by atoms with van der Waals surface area (Å²) in [6.07, 6.45) is 0. The smallest absolute Gasteiger partial charge is 0.0541 e. The number of nitrogens with zero attached hydrogens (tertiary/aromatic N) is 2. The third-order valence-electron chi connectivity index (χ3n) is 11.5. The summed E-state index contributed by atoms with van der Waals surface area (Å²) in [5.41, 5.74) is 18.3. The molecule has 0 atom stereocenters. The third kappa shape index (κ3) is 5.17. The fourth-order valence-corrected chi connectivity index (χ4v) is 8.67.